The Morgan fingerprint density at radius 2 is 1.68 bits per heavy atom. The molecule has 11 nitrogen and oxygen atoms in total. The van der Waals surface area contributed by atoms with E-state index in [1.165, 1.54) is 13.2 Å². The number of amides is 3. The molecule has 0 saturated carbocycles. The van der Waals surface area contributed by atoms with Crippen molar-refractivity contribution in [3.8, 4) is 5.75 Å². The van der Waals surface area contributed by atoms with E-state index in [1.54, 1.807) is 38.1 Å². The minimum atomic E-state index is -1.14. The van der Waals surface area contributed by atoms with Crippen LogP contribution in [0, 0.1) is 16.7 Å². The summed E-state index contributed by atoms with van der Waals surface area (Å²) in [5.74, 6) is -1.84. The Morgan fingerprint density at radius 1 is 1.02 bits per heavy atom. The van der Waals surface area contributed by atoms with Crippen LogP contribution in [0.3, 0.4) is 0 Å². The van der Waals surface area contributed by atoms with E-state index >= 15 is 0 Å². The molecule has 1 heterocycles. The maximum absolute atomic E-state index is 13.5. The number of benzene rings is 2. The largest absolute Gasteiger partial charge is 0.495 e. The van der Waals surface area contributed by atoms with Gasteiger partial charge < -0.3 is 36.3 Å². The summed E-state index contributed by atoms with van der Waals surface area (Å²) >= 11 is 6.33. The van der Waals surface area contributed by atoms with E-state index in [9.17, 15) is 24.3 Å². The molecule has 3 rings (SSSR count). The fourth-order valence-corrected chi connectivity index (χ4v) is 5.84. The minimum Gasteiger partial charge on any atom is -0.495 e. The van der Waals surface area contributed by atoms with Gasteiger partial charge >= 0.3 is 5.97 Å². The Labute approximate surface area is 300 Å². The second-order valence-electron chi connectivity index (χ2n) is 14.9. The first-order valence-corrected chi connectivity index (χ1v) is 17.4. The van der Waals surface area contributed by atoms with Crippen LogP contribution in [0.25, 0.3) is 0 Å². The van der Waals surface area contributed by atoms with Crippen LogP contribution < -0.4 is 26.4 Å². The highest BCUT2D eigenvalue weighted by Gasteiger charge is 2.43. The lowest BCUT2D eigenvalue weighted by molar-refractivity contribution is -0.144. The monoisotopic (exact) mass is 712 g/mol. The summed E-state index contributed by atoms with van der Waals surface area (Å²) in [6.07, 6.45) is 5.20. The maximum Gasteiger partial charge on any atom is 0.326 e. The van der Waals surface area contributed by atoms with Crippen LogP contribution in [-0.2, 0) is 36.9 Å². The van der Waals surface area contributed by atoms with E-state index in [0.717, 1.165) is 17.5 Å². The first-order valence-electron chi connectivity index (χ1n) is 17.0. The number of nitrogens with two attached hydrogens (primary N) is 1. The van der Waals surface area contributed by atoms with Gasteiger partial charge in [0.2, 0.25) is 17.7 Å². The van der Waals surface area contributed by atoms with Crippen molar-refractivity contribution < 1.29 is 33.8 Å². The van der Waals surface area contributed by atoms with Crippen molar-refractivity contribution in [3.63, 3.8) is 0 Å². The second kappa shape index (κ2) is 17.8. The maximum atomic E-state index is 13.5. The predicted octanol–water partition coefficient (Wildman–Crippen LogP) is 5.10. The number of halogens is 1. The van der Waals surface area contributed by atoms with Crippen molar-refractivity contribution in [3.05, 3.63) is 76.3 Å². The fourth-order valence-electron chi connectivity index (χ4n) is 5.56. The highest BCUT2D eigenvalue weighted by atomic mass is 35.5. The number of epoxide rings is 1. The number of hydrogen-bond donors (Lipinski definition) is 5. The first-order chi connectivity index (χ1) is 23.4. The molecule has 12 heteroatoms. The van der Waals surface area contributed by atoms with E-state index in [1.807, 2.05) is 32.9 Å². The zero-order chi connectivity index (χ0) is 37.2. The lowest BCUT2D eigenvalue weighted by Gasteiger charge is -2.29. The molecule has 5 atom stereocenters. The van der Waals surface area contributed by atoms with Gasteiger partial charge in [-0.05, 0) is 79.3 Å². The summed E-state index contributed by atoms with van der Waals surface area (Å²) in [6, 6.07) is 11.2. The van der Waals surface area contributed by atoms with E-state index < -0.39 is 41.2 Å². The molecule has 0 spiro atoms. The highest BCUT2D eigenvalue weighted by Crippen LogP contribution is 2.44. The molecular weight excluding hydrogens is 660 g/mol. The number of rotatable bonds is 18. The average molecular weight is 713 g/mol. The third-order valence-electron chi connectivity index (χ3n) is 8.72. The summed E-state index contributed by atoms with van der Waals surface area (Å²) in [5.41, 5.74) is 7.12. The van der Waals surface area contributed by atoms with E-state index in [-0.39, 0.29) is 42.9 Å². The van der Waals surface area contributed by atoms with Crippen LogP contribution in [0.1, 0.15) is 83.6 Å². The number of carboxylic acids is 1. The number of allylic oxidation sites excluding steroid dienone is 1. The highest BCUT2D eigenvalue weighted by molar-refractivity contribution is 6.32. The smallest absolute Gasteiger partial charge is 0.326 e. The molecule has 1 aliphatic heterocycles. The molecule has 2 aromatic rings. The van der Waals surface area contributed by atoms with E-state index in [4.69, 9.17) is 26.8 Å². The Balaban J connectivity index is 1.60. The van der Waals surface area contributed by atoms with Gasteiger partial charge in [0, 0.05) is 19.5 Å². The number of nitrogens with one attached hydrogen (secondary N) is 3. The van der Waals surface area contributed by atoms with Crippen LogP contribution in [0.5, 0.6) is 5.75 Å². The summed E-state index contributed by atoms with van der Waals surface area (Å²) < 4.78 is 11.2. The topological polar surface area (TPSA) is 172 Å². The van der Waals surface area contributed by atoms with Gasteiger partial charge in [-0.3, -0.25) is 14.4 Å². The van der Waals surface area contributed by atoms with Crippen LogP contribution in [0.4, 0.5) is 0 Å². The van der Waals surface area contributed by atoms with Crippen molar-refractivity contribution in [2.75, 3.05) is 13.7 Å². The molecule has 1 fully saturated rings. The fraction of sp³-hybridized carbons (Fsp3) is 0.526. The third kappa shape index (κ3) is 12.4. The minimum absolute atomic E-state index is 0.0629. The van der Waals surface area contributed by atoms with Crippen LogP contribution >= 0.6 is 11.6 Å². The van der Waals surface area contributed by atoms with Gasteiger partial charge in [0.05, 0.1) is 23.7 Å². The first kappa shape index (κ1) is 40.5. The molecule has 3 amide bonds. The molecule has 50 heavy (non-hydrogen) atoms. The number of ether oxygens (including phenoxy) is 2. The molecule has 6 N–H and O–H groups in total. The van der Waals surface area contributed by atoms with Crippen molar-refractivity contribution in [1.29, 1.82) is 0 Å². The SMILES string of the molecule is COc1ccc(C[C@@H](NC(=O)/C=C/CC[C@H](C)C2OC2c2ccc(CN)cc2)C(=O)NCC(C)(C)C(=O)N[C@@H](CC(C)(C)C)C(=O)O)cc1Cl. The van der Waals surface area contributed by atoms with Gasteiger partial charge in [0.1, 0.15) is 23.9 Å². The summed E-state index contributed by atoms with van der Waals surface area (Å²) in [5, 5.41) is 18.2. The predicted molar refractivity (Wildman–Crippen MR) is 194 cm³/mol. The lowest BCUT2D eigenvalue weighted by Crippen LogP contribution is -2.54. The molecule has 2 aromatic carbocycles. The number of methoxy groups -OCH3 is 1. The standard InChI is InChI=1S/C38H53ClN4O7/c1-23(32-33(50-32)26-15-12-24(21-40)13-16-26)10-8-9-11-31(44)42-28(19-25-14-17-30(49-7)27(39)18-25)34(45)41-22-38(5,6)36(48)43-29(35(46)47)20-37(2,3)4/h9,11-18,23,28-29,32-33H,8,10,19-22,40H2,1-7H3,(H,41,45)(H,42,44)(H,43,48)(H,46,47)/b11-9+/t23-,28+,29-,32?,33?/m0/s1. The van der Waals surface area contributed by atoms with Gasteiger partial charge in [0.25, 0.3) is 0 Å². The van der Waals surface area contributed by atoms with Gasteiger partial charge in [-0.25, -0.2) is 4.79 Å². The van der Waals surface area contributed by atoms with Crippen LogP contribution in [-0.4, -0.2) is 60.6 Å². The average Bonchev–Trinajstić information content (AvgIpc) is 3.86. The van der Waals surface area contributed by atoms with Crippen molar-refractivity contribution in [2.24, 2.45) is 22.5 Å². The Hall–Kier alpha value is -3.93. The quantitative estimate of drug-likeness (QED) is 0.105. The Kier molecular flexibility index (Phi) is 14.4. The lowest BCUT2D eigenvalue weighted by atomic mass is 9.86. The molecule has 1 saturated heterocycles. The molecule has 0 radical (unpaired) electrons. The molecule has 1 aliphatic rings. The van der Waals surface area contributed by atoms with E-state index in [0.29, 0.717) is 29.3 Å². The zero-order valence-corrected chi connectivity index (χ0v) is 30.9. The number of carbonyl (C=O) groups excluding carboxylic acids is 3. The summed E-state index contributed by atoms with van der Waals surface area (Å²) in [6.45, 7) is 11.4. The van der Waals surface area contributed by atoms with Gasteiger partial charge in [-0.2, -0.15) is 0 Å². The molecule has 274 valence electrons. The molecule has 0 aliphatic carbocycles. The zero-order valence-electron chi connectivity index (χ0n) is 30.2. The van der Waals surface area contributed by atoms with Crippen LogP contribution in [0.15, 0.2) is 54.6 Å². The summed E-state index contributed by atoms with van der Waals surface area (Å²) in [4.78, 5) is 51.5. The number of carbonyl (C=O) groups is 4. The molecule has 0 bridgehead atoms. The molecule has 0 aromatic heterocycles. The number of hydrogen-bond acceptors (Lipinski definition) is 7. The van der Waals surface area contributed by atoms with E-state index in [2.05, 4.69) is 35.0 Å². The van der Waals surface area contributed by atoms with Gasteiger partial charge in [-0.1, -0.05) is 75.7 Å². The van der Waals surface area contributed by atoms with Crippen LogP contribution in [0.2, 0.25) is 5.02 Å². The normalized spacial score (nSPS) is 17.8. The summed E-state index contributed by atoms with van der Waals surface area (Å²) in [7, 11) is 1.50. The second-order valence-corrected chi connectivity index (χ2v) is 15.3. The molecule has 2 unspecified atom stereocenters. The Bertz CT molecular complexity index is 1520. The van der Waals surface area contributed by atoms with Gasteiger partial charge in [0.15, 0.2) is 0 Å². The number of aliphatic carboxylic acids is 1. The van der Waals surface area contributed by atoms with Crippen molar-refractivity contribution in [2.45, 2.75) is 98.1 Å². The number of carboxylic acid groups (broad SMARTS) is 1. The van der Waals surface area contributed by atoms with Crippen molar-refractivity contribution >= 4 is 35.3 Å². The third-order valence-corrected chi connectivity index (χ3v) is 9.01. The van der Waals surface area contributed by atoms with Crippen molar-refractivity contribution in [1.82, 2.24) is 16.0 Å². The molecular formula is C38H53ClN4O7. The Morgan fingerprint density at radius 3 is 2.26 bits per heavy atom. The van der Waals surface area contributed by atoms with Gasteiger partial charge in [-0.15, -0.1) is 0 Å².